The molecule has 0 aliphatic carbocycles. The van der Waals surface area contributed by atoms with Crippen LogP contribution in [0.1, 0.15) is 33.6 Å². The summed E-state index contributed by atoms with van der Waals surface area (Å²) >= 11 is 0. The molecule has 8 heavy (non-hydrogen) atoms. The number of hydrogen-bond acceptors (Lipinski definition) is 1. The molecule has 0 aromatic rings. The van der Waals surface area contributed by atoms with E-state index in [1.807, 2.05) is 6.92 Å². The summed E-state index contributed by atoms with van der Waals surface area (Å²) in [5.74, 6) is 0.472. The molecule has 1 unspecified atom stereocenters. The van der Waals surface area contributed by atoms with Crippen molar-refractivity contribution < 1.29 is 5.11 Å². The first-order valence-corrected chi connectivity index (χ1v) is 3.40. The van der Waals surface area contributed by atoms with Gasteiger partial charge in [0.05, 0.1) is 6.10 Å². The summed E-state index contributed by atoms with van der Waals surface area (Å²) in [6.07, 6.45) is 1.88. The number of aliphatic hydroxyl groups is 1. The Morgan fingerprint density at radius 2 is 1.75 bits per heavy atom. The van der Waals surface area contributed by atoms with Gasteiger partial charge in [-0.2, -0.15) is 0 Å². The van der Waals surface area contributed by atoms with Crippen molar-refractivity contribution in [3.8, 4) is 0 Å². The largest absolute Gasteiger partial charge is 0.393 e. The van der Waals surface area contributed by atoms with Crippen molar-refractivity contribution >= 4 is 0 Å². The van der Waals surface area contributed by atoms with Crippen LogP contribution in [0.2, 0.25) is 0 Å². The molecule has 1 heteroatoms. The van der Waals surface area contributed by atoms with Crippen LogP contribution >= 0.6 is 0 Å². The summed E-state index contributed by atoms with van der Waals surface area (Å²) < 4.78 is 0. The molecule has 0 saturated heterocycles. The van der Waals surface area contributed by atoms with E-state index in [2.05, 4.69) is 13.8 Å². The summed E-state index contributed by atoms with van der Waals surface area (Å²) in [4.78, 5) is 0. The highest BCUT2D eigenvalue weighted by Gasteiger charge is 2.07. The first-order chi connectivity index (χ1) is 3.72. The summed E-state index contributed by atoms with van der Waals surface area (Å²) in [5.41, 5.74) is 0. The molecular weight excluding hydrogens is 100 g/mol. The smallest absolute Gasteiger partial charge is 0.0563 e. The Balaban J connectivity index is 3.29. The van der Waals surface area contributed by atoms with Crippen LogP contribution in [0.25, 0.3) is 0 Å². The predicted molar refractivity (Wildman–Crippen MR) is 35.8 cm³/mol. The van der Waals surface area contributed by atoms with E-state index in [4.69, 9.17) is 5.11 Å². The van der Waals surface area contributed by atoms with Crippen LogP contribution in [0.4, 0.5) is 0 Å². The molecule has 0 aliphatic rings. The fraction of sp³-hybridized carbons (Fsp3) is 1.00. The van der Waals surface area contributed by atoms with Crippen LogP contribution in [-0.4, -0.2) is 11.2 Å². The van der Waals surface area contributed by atoms with E-state index in [0.717, 1.165) is 12.8 Å². The lowest BCUT2D eigenvalue weighted by atomic mass is 10.0. The molecule has 0 heterocycles. The van der Waals surface area contributed by atoms with Crippen molar-refractivity contribution in [3.05, 3.63) is 0 Å². The molecule has 0 bridgehead atoms. The lowest BCUT2D eigenvalue weighted by molar-refractivity contribution is 0.111. The number of aliphatic hydroxyl groups excluding tert-OH is 1. The Morgan fingerprint density at radius 1 is 1.25 bits per heavy atom. The van der Waals surface area contributed by atoms with Gasteiger partial charge in [-0.1, -0.05) is 27.2 Å². The van der Waals surface area contributed by atoms with Crippen LogP contribution in [0.15, 0.2) is 0 Å². The maximum absolute atomic E-state index is 9.13. The first-order valence-electron chi connectivity index (χ1n) is 3.40. The summed E-state index contributed by atoms with van der Waals surface area (Å²) in [6.45, 7) is 6.19. The van der Waals surface area contributed by atoms with Crippen LogP contribution in [0.3, 0.4) is 0 Å². The van der Waals surface area contributed by atoms with E-state index in [-0.39, 0.29) is 6.10 Å². The van der Waals surface area contributed by atoms with Crippen molar-refractivity contribution in [1.29, 1.82) is 0 Å². The molecular formula is C7H16O. The number of rotatable bonds is 3. The average molecular weight is 116 g/mol. The quantitative estimate of drug-likeness (QED) is 0.596. The molecule has 0 aliphatic heterocycles. The van der Waals surface area contributed by atoms with Crippen molar-refractivity contribution in [1.82, 2.24) is 0 Å². The Kier molecular flexibility index (Phi) is 3.88. The molecule has 0 fully saturated rings. The fourth-order valence-electron chi connectivity index (χ4n) is 0.674. The van der Waals surface area contributed by atoms with Gasteiger partial charge in [0.15, 0.2) is 0 Å². The highest BCUT2D eigenvalue weighted by molar-refractivity contribution is 4.59. The van der Waals surface area contributed by atoms with Gasteiger partial charge < -0.3 is 5.11 Å². The van der Waals surface area contributed by atoms with Gasteiger partial charge >= 0.3 is 0 Å². The van der Waals surface area contributed by atoms with E-state index in [1.165, 1.54) is 0 Å². The standard InChI is InChI=1S/C7H16O/c1-4-6(3)7(8)5-2/h6-8H,4-5H2,1-3H3/t6-,7?/m1/s1. The van der Waals surface area contributed by atoms with Crippen LogP contribution in [0.5, 0.6) is 0 Å². The molecule has 0 aromatic heterocycles. The van der Waals surface area contributed by atoms with Gasteiger partial charge in [-0.15, -0.1) is 0 Å². The van der Waals surface area contributed by atoms with E-state index in [0.29, 0.717) is 5.92 Å². The number of hydrogen-bond donors (Lipinski definition) is 1. The second-order valence-electron chi connectivity index (χ2n) is 2.36. The van der Waals surface area contributed by atoms with Crippen molar-refractivity contribution in [2.75, 3.05) is 0 Å². The fourth-order valence-corrected chi connectivity index (χ4v) is 0.674. The Bertz CT molecular complexity index is 44.3. The van der Waals surface area contributed by atoms with Gasteiger partial charge in [-0.3, -0.25) is 0 Å². The lowest BCUT2D eigenvalue weighted by Gasteiger charge is -2.13. The first kappa shape index (κ1) is 7.96. The third-order valence-corrected chi connectivity index (χ3v) is 1.72. The second-order valence-corrected chi connectivity index (χ2v) is 2.36. The highest BCUT2D eigenvalue weighted by atomic mass is 16.3. The summed E-state index contributed by atoms with van der Waals surface area (Å²) in [6, 6.07) is 0. The zero-order valence-corrected chi connectivity index (χ0v) is 6.02. The van der Waals surface area contributed by atoms with Crippen molar-refractivity contribution in [2.24, 2.45) is 5.92 Å². The van der Waals surface area contributed by atoms with Crippen LogP contribution in [0, 0.1) is 5.92 Å². The van der Waals surface area contributed by atoms with Gasteiger partial charge in [0.1, 0.15) is 0 Å². The maximum Gasteiger partial charge on any atom is 0.0563 e. The molecule has 0 rings (SSSR count). The topological polar surface area (TPSA) is 20.2 Å². The third kappa shape index (κ3) is 2.31. The van der Waals surface area contributed by atoms with Gasteiger partial charge in [0.2, 0.25) is 0 Å². The van der Waals surface area contributed by atoms with Gasteiger partial charge in [-0.05, 0) is 12.3 Å². The van der Waals surface area contributed by atoms with Crippen molar-refractivity contribution in [3.63, 3.8) is 0 Å². The minimum Gasteiger partial charge on any atom is -0.393 e. The van der Waals surface area contributed by atoms with E-state index >= 15 is 0 Å². The molecule has 2 atom stereocenters. The molecule has 0 amide bonds. The van der Waals surface area contributed by atoms with Gasteiger partial charge in [0, 0.05) is 0 Å². The monoisotopic (exact) mass is 116 g/mol. The van der Waals surface area contributed by atoms with Crippen molar-refractivity contribution in [2.45, 2.75) is 39.7 Å². The molecule has 0 aromatic carbocycles. The molecule has 0 radical (unpaired) electrons. The molecule has 1 nitrogen and oxygen atoms in total. The molecule has 0 spiro atoms. The average Bonchev–Trinajstić information content (AvgIpc) is 1.84. The molecule has 1 N–H and O–H groups in total. The molecule has 50 valence electrons. The van der Waals surface area contributed by atoms with Gasteiger partial charge in [0.25, 0.3) is 0 Å². The van der Waals surface area contributed by atoms with E-state index in [1.54, 1.807) is 0 Å². The normalized spacial score (nSPS) is 18.0. The Hall–Kier alpha value is -0.0400. The van der Waals surface area contributed by atoms with E-state index < -0.39 is 0 Å². The Morgan fingerprint density at radius 3 is 1.88 bits per heavy atom. The van der Waals surface area contributed by atoms with E-state index in [9.17, 15) is 0 Å². The third-order valence-electron chi connectivity index (χ3n) is 1.72. The van der Waals surface area contributed by atoms with Crippen LogP contribution in [-0.2, 0) is 0 Å². The summed E-state index contributed by atoms with van der Waals surface area (Å²) in [7, 11) is 0. The lowest BCUT2D eigenvalue weighted by Crippen LogP contribution is -2.14. The second kappa shape index (κ2) is 3.90. The highest BCUT2D eigenvalue weighted by Crippen LogP contribution is 2.09. The Labute approximate surface area is 51.7 Å². The zero-order valence-electron chi connectivity index (χ0n) is 6.02. The zero-order chi connectivity index (χ0) is 6.57. The minimum absolute atomic E-state index is 0.0833. The maximum atomic E-state index is 9.13. The minimum atomic E-state index is -0.0833. The molecule has 0 saturated carbocycles. The summed E-state index contributed by atoms with van der Waals surface area (Å²) in [5, 5.41) is 9.13. The van der Waals surface area contributed by atoms with Gasteiger partial charge in [-0.25, -0.2) is 0 Å². The SMILES string of the molecule is CCC(O)[C@H](C)CC. The van der Waals surface area contributed by atoms with Crippen LogP contribution < -0.4 is 0 Å². The predicted octanol–water partition coefficient (Wildman–Crippen LogP) is 1.80.